The number of hydrogen-bond acceptors (Lipinski definition) is 3. The number of morpholine rings is 1. The van der Waals surface area contributed by atoms with Gasteiger partial charge in [0.1, 0.15) is 5.75 Å². The predicted octanol–water partition coefficient (Wildman–Crippen LogP) is 2.66. The van der Waals surface area contributed by atoms with E-state index in [0.29, 0.717) is 19.6 Å². The van der Waals surface area contributed by atoms with Crippen molar-refractivity contribution in [2.75, 3.05) is 26.9 Å². The number of hydrogen-bond donors (Lipinski definition) is 0. The van der Waals surface area contributed by atoms with Crippen molar-refractivity contribution in [1.29, 1.82) is 0 Å². The third kappa shape index (κ3) is 4.74. The van der Waals surface area contributed by atoms with Crippen molar-refractivity contribution in [2.45, 2.75) is 38.6 Å². The van der Waals surface area contributed by atoms with Crippen molar-refractivity contribution in [2.24, 2.45) is 0 Å². The highest BCUT2D eigenvalue weighted by Gasteiger charge is 2.22. The zero-order chi connectivity index (χ0) is 15.1. The molecule has 1 aromatic rings. The summed E-state index contributed by atoms with van der Waals surface area (Å²) in [7, 11) is 1.67. The first kappa shape index (κ1) is 15.8. The summed E-state index contributed by atoms with van der Waals surface area (Å²) in [6, 6.07) is 8.36. The average molecular weight is 291 g/mol. The van der Waals surface area contributed by atoms with Crippen LogP contribution < -0.4 is 4.74 Å². The number of aryl methyl sites for hydroxylation is 1. The summed E-state index contributed by atoms with van der Waals surface area (Å²) in [5, 5.41) is 0. The van der Waals surface area contributed by atoms with Crippen LogP contribution in [0.25, 0.3) is 0 Å². The van der Waals surface area contributed by atoms with Crippen LogP contribution in [0.3, 0.4) is 0 Å². The maximum absolute atomic E-state index is 12.2. The number of carbonyl (C=O) groups excluding carboxylic acids is 1. The molecule has 21 heavy (non-hydrogen) atoms. The summed E-state index contributed by atoms with van der Waals surface area (Å²) < 4.78 is 10.5. The van der Waals surface area contributed by atoms with Crippen LogP contribution in [0.2, 0.25) is 0 Å². The van der Waals surface area contributed by atoms with E-state index in [1.807, 2.05) is 17.0 Å². The van der Waals surface area contributed by atoms with Crippen LogP contribution in [0.15, 0.2) is 24.3 Å². The second-order valence-electron chi connectivity index (χ2n) is 5.57. The van der Waals surface area contributed by atoms with Gasteiger partial charge in [-0.2, -0.15) is 0 Å². The van der Waals surface area contributed by atoms with Crippen molar-refractivity contribution < 1.29 is 14.3 Å². The van der Waals surface area contributed by atoms with Crippen molar-refractivity contribution in [3.8, 4) is 5.75 Å². The summed E-state index contributed by atoms with van der Waals surface area (Å²) in [4.78, 5) is 14.1. The number of rotatable bonds is 6. The fraction of sp³-hybridized carbons (Fsp3) is 0.588. The number of carbonyl (C=O) groups is 1. The molecule has 0 radical (unpaired) electrons. The van der Waals surface area contributed by atoms with Gasteiger partial charge in [0.2, 0.25) is 5.91 Å². The molecule has 1 aliphatic heterocycles. The summed E-state index contributed by atoms with van der Waals surface area (Å²) in [6.07, 6.45) is 3.63. The van der Waals surface area contributed by atoms with Crippen molar-refractivity contribution in [3.05, 3.63) is 29.8 Å². The Morgan fingerprint density at radius 2 is 2.10 bits per heavy atom. The molecule has 1 atom stereocenters. The maximum atomic E-state index is 12.2. The van der Waals surface area contributed by atoms with Crippen molar-refractivity contribution in [1.82, 2.24) is 4.90 Å². The Kier molecular flexibility index (Phi) is 6.05. The molecule has 0 bridgehead atoms. The summed E-state index contributed by atoms with van der Waals surface area (Å²) in [6.45, 7) is 4.12. The van der Waals surface area contributed by atoms with Gasteiger partial charge in [0.05, 0.1) is 26.4 Å². The Labute approximate surface area is 127 Å². The van der Waals surface area contributed by atoms with Gasteiger partial charge in [0, 0.05) is 13.0 Å². The molecule has 0 N–H and O–H groups in total. The fourth-order valence-electron chi connectivity index (χ4n) is 2.64. The van der Waals surface area contributed by atoms with Crippen LogP contribution in [-0.4, -0.2) is 43.7 Å². The predicted molar refractivity (Wildman–Crippen MR) is 82.5 cm³/mol. The molecule has 1 saturated heterocycles. The van der Waals surface area contributed by atoms with Crippen LogP contribution in [0, 0.1) is 0 Å². The normalized spacial score (nSPS) is 18.6. The van der Waals surface area contributed by atoms with E-state index >= 15 is 0 Å². The van der Waals surface area contributed by atoms with Gasteiger partial charge in [-0.3, -0.25) is 4.79 Å². The number of benzene rings is 1. The van der Waals surface area contributed by atoms with Crippen LogP contribution in [0.4, 0.5) is 0 Å². The van der Waals surface area contributed by atoms with E-state index in [1.165, 1.54) is 5.56 Å². The first-order valence-electron chi connectivity index (χ1n) is 7.71. The van der Waals surface area contributed by atoms with Gasteiger partial charge in [-0.05, 0) is 43.9 Å². The summed E-state index contributed by atoms with van der Waals surface area (Å²) in [5.74, 6) is 1.15. The van der Waals surface area contributed by atoms with Gasteiger partial charge in [0.25, 0.3) is 0 Å². The highest BCUT2D eigenvalue weighted by atomic mass is 16.5. The molecule has 0 saturated carbocycles. The van der Waals surface area contributed by atoms with Gasteiger partial charge in [0.15, 0.2) is 0 Å². The van der Waals surface area contributed by atoms with Gasteiger partial charge >= 0.3 is 0 Å². The Morgan fingerprint density at radius 1 is 1.33 bits per heavy atom. The first-order valence-corrected chi connectivity index (χ1v) is 7.71. The SMILES string of the molecule is COc1ccc(CCCCC(=O)N2CCOCC2C)cc1. The smallest absolute Gasteiger partial charge is 0.222 e. The standard InChI is InChI=1S/C17H25NO3/c1-14-13-21-12-11-18(14)17(19)6-4-3-5-15-7-9-16(20-2)10-8-15/h7-10,14H,3-6,11-13H2,1-2H3. The Hall–Kier alpha value is -1.55. The molecule has 0 aliphatic carbocycles. The molecule has 1 heterocycles. The molecule has 1 aliphatic rings. The maximum Gasteiger partial charge on any atom is 0.222 e. The quantitative estimate of drug-likeness (QED) is 0.756. The lowest BCUT2D eigenvalue weighted by Crippen LogP contribution is -2.47. The number of amides is 1. The van der Waals surface area contributed by atoms with Crippen LogP contribution >= 0.6 is 0 Å². The molecule has 1 fully saturated rings. The van der Waals surface area contributed by atoms with Gasteiger partial charge < -0.3 is 14.4 Å². The largest absolute Gasteiger partial charge is 0.497 e. The molecule has 0 aromatic heterocycles. The Morgan fingerprint density at radius 3 is 2.76 bits per heavy atom. The Bertz CT molecular complexity index is 444. The highest BCUT2D eigenvalue weighted by Crippen LogP contribution is 2.15. The zero-order valence-electron chi connectivity index (χ0n) is 13.0. The number of methoxy groups -OCH3 is 1. The number of unbranched alkanes of at least 4 members (excludes halogenated alkanes) is 1. The summed E-state index contributed by atoms with van der Waals surface area (Å²) in [5.41, 5.74) is 1.29. The number of ether oxygens (including phenoxy) is 2. The highest BCUT2D eigenvalue weighted by molar-refractivity contribution is 5.76. The lowest BCUT2D eigenvalue weighted by atomic mass is 10.1. The third-order valence-electron chi connectivity index (χ3n) is 3.95. The molecule has 116 valence electrons. The molecule has 2 rings (SSSR count). The molecule has 1 amide bonds. The van der Waals surface area contributed by atoms with Crippen LogP contribution in [0.1, 0.15) is 31.7 Å². The third-order valence-corrected chi connectivity index (χ3v) is 3.95. The zero-order valence-corrected chi connectivity index (χ0v) is 13.0. The second-order valence-corrected chi connectivity index (χ2v) is 5.57. The molecule has 1 unspecified atom stereocenters. The molecular formula is C17H25NO3. The van der Waals surface area contributed by atoms with Crippen LogP contribution in [0.5, 0.6) is 5.75 Å². The monoisotopic (exact) mass is 291 g/mol. The fourth-order valence-corrected chi connectivity index (χ4v) is 2.64. The van der Waals surface area contributed by atoms with E-state index in [0.717, 1.165) is 31.6 Å². The Balaban J connectivity index is 1.67. The van der Waals surface area contributed by atoms with Gasteiger partial charge in [-0.25, -0.2) is 0 Å². The van der Waals surface area contributed by atoms with Crippen LogP contribution in [-0.2, 0) is 16.0 Å². The molecular weight excluding hydrogens is 266 g/mol. The minimum atomic E-state index is 0.216. The lowest BCUT2D eigenvalue weighted by molar-refractivity contribution is -0.139. The average Bonchev–Trinajstić information content (AvgIpc) is 2.52. The van der Waals surface area contributed by atoms with E-state index in [9.17, 15) is 4.79 Å². The number of nitrogens with zero attached hydrogens (tertiary/aromatic N) is 1. The molecule has 0 spiro atoms. The second kappa shape index (κ2) is 8.03. The van der Waals surface area contributed by atoms with E-state index in [4.69, 9.17) is 9.47 Å². The van der Waals surface area contributed by atoms with E-state index in [2.05, 4.69) is 19.1 Å². The van der Waals surface area contributed by atoms with Gasteiger partial charge in [-0.15, -0.1) is 0 Å². The molecule has 4 nitrogen and oxygen atoms in total. The van der Waals surface area contributed by atoms with E-state index in [-0.39, 0.29) is 11.9 Å². The molecule has 4 heteroatoms. The minimum absolute atomic E-state index is 0.216. The topological polar surface area (TPSA) is 38.8 Å². The lowest BCUT2D eigenvalue weighted by Gasteiger charge is -2.33. The van der Waals surface area contributed by atoms with E-state index < -0.39 is 0 Å². The van der Waals surface area contributed by atoms with Crippen molar-refractivity contribution >= 4 is 5.91 Å². The van der Waals surface area contributed by atoms with Crippen molar-refractivity contribution in [3.63, 3.8) is 0 Å². The molecule has 1 aromatic carbocycles. The minimum Gasteiger partial charge on any atom is -0.497 e. The summed E-state index contributed by atoms with van der Waals surface area (Å²) >= 11 is 0. The first-order chi connectivity index (χ1) is 10.2. The van der Waals surface area contributed by atoms with E-state index in [1.54, 1.807) is 7.11 Å². The van der Waals surface area contributed by atoms with Gasteiger partial charge in [-0.1, -0.05) is 12.1 Å².